The maximum absolute atomic E-state index is 5.35. The topological polar surface area (TPSA) is 39.1 Å². The summed E-state index contributed by atoms with van der Waals surface area (Å²) >= 11 is 0. The van der Waals surface area contributed by atoms with Crippen molar-refractivity contribution < 1.29 is 4.74 Å². The molecule has 0 aromatic carbocycles. The Morgan fingerprint density at radius 2 is 2.50 bits per heavy atom. The van der Waals surface area contributed by atoms with E-state index >= 15 is 0 Å². The van der Waals surface area contributed by atoms with Crippen molar-refractivity contribution in [3.05, 3.63) is 18.2 Å². The SMILES string of the molecule is Cc1nccn1CCNCCC1CCOC1. The zero-order valence-corrected chi connectivity index (χ0v) is 9.98. The van der Waals surface area contributed by atoms with Crippen LogP contribution in [0.25, 0.3) is 0 Å². The van der Waals surface area contributed by atoms with Crippen LogP contribution in [0.5, 0.6) is 0 Å². The van der Waals surface area contributed by atoms with Gasteiger partial charge in [-0.25, -0.2) is 4.98 Å². The normalized spacial score (nSPS) is 20.4. The predicted molar refractivity (Wildman–Crippen MR) is 63.4 cm³/mol. The van der Waals surface area contributed by atoms with Gasteiger partial charge in [0.1, 0.15) is 5.82 Å². The summed E-state index contributed by atoms with van der Waals surface area (Å²) in [4.78, 5) is 4.20. The van der Waals surface area contributed by atoms with Crippen molar-refractivity contribution >= 4 is 0 Å². The number of hydrogen-bond donors (Lipinski definition) is 1. The van der Waals surface area contributed by atoms with Crippen molar-refractivity contribution in [2.75, 3.05) is 26.3 Å². The lowest BCUT2D eigenvalue weighted by Crippen LogP contribution is -2.23. The zero-order chi connectivity index (χ0) is 11.2. The minimum absolute atomic E-state index is 0.780. The van der Waals surface area contributed by atoms with Crippen LogP contribution in [0, 0.1) is 12.8 Å². The quantitative estimate of drug-likeness (QED) is 0.737. The smallest absolute Gasteiger partial charge is 0.105 e. The summed E-state index contributed by atoms with van der Waals surface area (Å²) in [6, 6.07) is 0. The van der Waals surface area contributed by atoms with Crippen LogP contribution in [0.15, 0.2) is 12.4 Å². The third kappa shape index (κ3) is 3.32. The average molecular weight is 223 g/mol. The van der Waals surface area contributed by atoms with Crippen molar-refractivity contribution in [1.29, 1.82) is 0 Å². The van der Waals surface area contributed by atoms with Crippen LogP contribution in [0.3, 0.4) is 0 Å². The van der Waals surface area contributed by atoms with Gasteiger partial charge in [-0.05, 0) is 32.2 Å². The standard InChI is InChI=1S/C12H21N3O/c1-11-14-6-8-15(11)7-5-13-4-2-12-3-9-16-10-12/h6,8,12-13H,2-5,7,9-10H2,1H3. The third-order valence-corrected chi connectivity index (χ3v) is 3.21. The molecule has 1 unspecified atom stereocenters. The molecular formula is C12H21N3O. The van der Waals surface area contributed by atoms with Gasteiger partial charge in [0.15, 0.2) is 0 Å². The fourth-order valence-corrected chi connectivity index (χ4v) is 2.08. The number of rotatable bonds is 6. The Balaban J connectivity index is 1.53. The third-order valence-electron chi connectivity index (χ3n) is 3.21. The first kappa shape index (κ1) is 11.6. The summed E-state index contributed by atoms with van der Waals surface area (Å²) in [5, 5.41) is 3.47. The van der Waals surface area contributed by atoms with Gasteiger partial charge in [-0.1, -0.05) is 0 Å². The molecule has 1 N–H and O–H groups in total. The molecule has 1 atom stereocenters. The summed E-state index contributed by atoms with van der Waals surface area (Å²) in [5.41, 5.74) is 0. The second-order valence-electron chi connectivity index (χ2n) is 4.44. The predicted octanol–water partition coefficient (Wildman–Crippen LogP) is 1.21. The molecule has 1 fully saturated rings. The molecule has 0 bridgehead atoms. The lowest BCUT2D eigenvalue weighted by molar-refractivity contribution is 0.184. The van der Waals surface area contributed by atoms with E-state index in [1.807, 2.05) is 19.3 Å². The fraction of sp³-hybridized carbons (Fsp3) is 0.750. The minimum atomic E-state index is 0.780. The first-order chi connectivity index (χ1) is 7.86. The summed E-state index contributed by atoms with van der Waals surface area (Å²) in [6.07, 6.45) is 6.36. The van der Waals surface area contributed by atoms with E-state index < -0.39 is 0 Å². The van der Waals surface area contributed by atoms with E-state index in [-0.39, 0.29) is 0 Å². The first-order valence-corrected chi connectivity index (χ1v) is 6.12. The number of imidazole rings is 1. The van der Waals surface area contributed by atoms with Crippen LogP contribution < -0.4 is 5.32 Å². The number of aryl methyl sites for hydroxylation is 1. The van der Waals surface area contributed by atoms with Gasteiger partial charge in [-0.15, -0.1) is 0 Å². The molecule has 0 amide bonds. The van der Waals surface area contributed by atoms with E-state index in [2.05, 4.69) is 14.9 Å². The van der Waals surface area contributed by atoms with Crippen LogP contribution in [-0.4, -0.2) is 35.9 Å². The van der Waals surface area contributed by atoms with E-state index in [1.54, 1.807) is 0 Å². The molecule has 0 saturated carbocycles. The van der Waals surface area contributed by atoms with E-state index in [1.165, 1.54) is 12.8 Å². The summed E-state index contributed by atoms with van der Waals surface area (Å²) in [7, 11) is 0. The van der Waals surface area contributed by atoms with Gasteiger partial charge in [0, 0.05) is 38.7 Å². The van der Waals surface area contributed by atoms with E-state index in [0.717, 1.165) is 44.6 Å². The van der Waals surface area contributed by atoms with Crippen molar-refractivity contribution in [3.8, 4) is 0 Å². The molecule has 1 aromatic heterocycles. The molecular weight excluding hydrogens is 202 g/mol. The highest BCUT2D eigenvalue weighted by Crippen LogP contribution is 2.14. The molecule has 4 heteroatoms. The molecule has 4 nitrogen and oxygen atoms in total. The molecule has 0 aliphatic carbocycles. The average Bonchev–Trinajstić information content (AvgIpc) is 2.90. The maximum Gasteiger partial charge on any atom is 0.105 e. The second kappa shape index (κ2) is 6.01. The van der Waals surface area contributed by atoms with Gasteiger partial charge in [0.25, 0.3) is 0 Å². The molecule has 2 heterocycles. The lowest BCUT2D eigenvalue weighted by atomic mass is 10.1. The second-order valence-corrected chi connectivity index (χ2v) is 4.44. The van der Waals surface area contributed by atoms with Gasteiger partial charge >= 0.3 is 0 Å². The molecule has 16 heavy (non-hydrogen) atoms. The fourth-order valence-electron chi connectivity index (χ4n) is 2.08. The van der Waals surface area contributed by atoms with Gasteiger partial charge < -0.3 is 14.6 Å². The van der Waals surface area contributed by atoms with Crippen molar-refractivity contribution in [1.82, 2.24) is 14.9 Å². The largest absolute Gasteiger partial charge is 0.381 e. The highest BCUT2D eigenvalue weighted by Gasteiger charge is 2.14. The molecule has 1 saturated heterocycles. The Bertz CT molecular complexity index is 305. The monoisotopic (exact) mass is 223 g/mol. The number of nitrogens with one attached hydrogen (secondary N) is 1. The van der Waals surface area contributed by atoms with Crippen molar-refractivity contribution in [2.45, 2.75) is 26.3 Å². The Labute approximate surface area is 97.0 Å². The molecule has 90 valence electrons. The number of aromatic nitrogens is 2. The Hall–Kier alpha value is -0.870. The Kier molecular flexibility index (Phi) is 4.36. The summed E-state index contributed by atoms with van der Waals surface area (Å²) < 4.78 is 7.52. The molecule has 2 rings (SSSR count). The lowest BCUT2D eigenvalue weighted by Gasteiger charge is -2.09. The van der Waals surface area contributed by atoms with Gasteiger partial charge in [-0.3, -0.25) is 0 Å². The molecule has 0 spiro atoms. The highest BCUT2D eigenvalue weighted by molar-refractivity contribution is 4.88. The molecule has 1 aromatic rings. The Morgan fingerprint density at radius 3 is 3.19 bits per heavy atom. The van der Waals surface area contributed by atoms with Gasteiger partial charge in [0.05, 0.1) is 0 Å². The van der Waals surface area contributed by atoms with Crippen LogP contribution >= 0.6 is 0 Å². The van der Waals surface area contributed by atoms with Crippen LogP contribution in [-0.2, 0) is 11.3 Å². The number of nitrogens with zero attached hydrogens (tertiary/aromatic N) is 2. The highest BCUT2D eigenvalue weighted by atomic mass is 16.5. The van der Waals surface area contributed by atoms with Gasteiger partial charge in [-0.2, -0.15) is 0 Å². The summed E-state index contributed by atoms with van der Waals surface area (Å²) in [6.45, 7) is 7.08. The molecule has 1 aliphatic rings. The Morgan fingerprint density at radius 1 is 1.56 bits per heavy atom. The number of hydrogen-bond acceptors (Lipinski definition) is 3. The van der Waals surface area contributed by atoms with Crippen LogP contribution in [0.4, 0.5) is 0 Å². The zero-order valence-electron chi connectivity index (χ0n) is 9.98. The summed E-state index contributed by atoms with van der Waals surface area (Å²) in [5.74, 6) is 1.87. The van der Waals surface area contributed by atoms with Crippen LogP contribution in [0.2, 0.25) is 0 Å². The molecule has 1 aliphatic heterocycles. The van der Waals surface area contributed by atoms with E-state index in [4.69, 9.17) is 4.74 Å². The minimum Gasteiger partial charge on any atom is -0.381 e. The van der Waals surface area contributed by atoms with E-state index in [9.17, 15) is 0 Å². The van der Waals surface area contributed by atoms with E-state index in [0.29, 0.717) is 0 Å². The van der Waals surface area contributed by atoms with Crippen LogP contribution in [0.1, 0.15) is 18.7 Å². The van der Waals surface area contributed by atoms with Gasteiger partial charge in [0.2, 0.25) is 0 Å². The van der Waals surface area contributed by atoms with Crippen molar-refractivity contribution in [3.63, 3.8) is 0 Å². The number of ether oxygens (including phenoxy) is 1. The van der Waals surface area contributed by atoms with Crippen molar-refractivity contribution in [2.24, 2.45) is 5.92 Å². The maximum atomic E-state index is 5.35. The molecule has 0 radical (unpaired) electrons. The first-order valence-electron chi connectivity index (χ1n) is 6.12.